The number of aliphatic hydroxyl groups is 1. The van der Waals surface area contributed by atoms with Gasteiger partial charge in [0, 0.05) is 47.6 Å². The summed E-state index contributed by atoms with van der Waals surface area (Å²) in [5, 5.41) is 26.3. The minimum Gasteiger partial charge on any atom is -0.458 e. The second-order valence-electron chi connectivity index (χ2n) is 21.0. The van der Waals surface area contributed by atoms with Gasteiger partial charge in [-0.2, -0.15) is 0 Å². The third kappa shape index (κ3) is 9.70. The number of aryl methyl sites for hydroxylation is 1. The highest BCUT2D eigenvalue weighted by molar-refractivity contribution is 6.08. The maximum Gasteiger partial charge on any atom is 0.415 e. The Hall–Kier alpha value is -6.82. The number of nitrogens with zero attached hydrogens (tertiary/aromatic N) is 9. The second-order valence-corrected chi connectivity index (χ2v) is 21.0. The number of cyclic esters (lactones) is 1. The van der Waals surface area contributed by atoms with Crippen LogP contribution in [0.5, 0.6) is 5.75 Å². The van der Waals surface area contributed by atoms with Crippen LogP contribution in [0.15, 0.2) is 82.6 Å². The fourth-order valence-corrected chi connectivity index (χ4v) is 12.4. The first-order valence-corrected chi connectivity index (χ1v) is 27.2. The third-order valence-corrected chi connectivity index (χ3v) is 16.6. The average Bonchev–Trinajstić information content (AvgIpc) is 4.36. The first-order chi connectivity index (χ1) is 36.5. The third-order valence-electron chi connectivity index (χ3n) is 16.6. The summed E-state index contributed by atoms with van der Waals surface area (Å²) in [5.74, 6) is 1.56. The number of carbonyl (C=O) groups is 3. The number of benzene rings is 3. The molecule has 5 aliphatic heterocycles. The topological polar surface area (TPSA) is 201 Å². The summed E-state index contributed by atoms with van der Waals surface area (Å²) in [6.45, 7) is 10.4. The van der Waals surface area contributed by atoms with Crippen LogP contribution in [0.4, 0.5) is 4.79 Å². The van der Waals surface area contributed by atoms with Crippen molar-refractivity contribution in [2.45, 2.75) is 148 Å². The zero-order chi connectivity index (χ0) is 51.8. The minimum atomic E-state index is -1.86. The van der Waals surface area contributed by atoms with Gasteiger partial charge < -0.3 is 28.9 Å². The molecule has 1 saturated carbocycles. The number of halogens is 1. The first-order valence-electron chi connectivity index (χ1n) is 27.2. The molecule has 0 radical (unpaired) electrons. The molecule has 6 aliphatic rings. The van der Waals surface area contributed by atoms with E-state index in [1.54, 1.807) is 23.6 Å². The lowest BCUT2D eigenvalue weighted by molar-refractivity contribution is -0.172. The van der Waals surface area contributed by atoms with Crippen LogP contribution in [0.2, 0.25) is 0 Å². The van der Waals surface area contributed by atoms with E-state index in [0.29, 0.717) is 72.7 Å². The molecule has 8 heterocycles. The van der Waals surface area contributed by atoms with Crippen LogP contribution in [0.1, 0.15) is 132 Å². The van der Waals surface area contributed by atoms with E-state index in [4.69, 9.17) is 19.5 Å². The van der Waals surface area contributed by atoms with E-state index in [1.807, 2.05) is 40.1 Å². The molecule has 0 unspecified atom stereocenters. The summed E-state index contributed by atoms with van der Waals surface area (Å²) in [4.78, 5) is 68.8. The molecule has 0 bridgehead atoms. The van der Waals surface area contributed by atoms with E-state index < -0.39 is 17.1 Å². The van der Waals surface area contributed by atoms with Gasteiger partial charge in [0.05, 0.1) is 35.6 Å². The van der Waals surface area contributed by atoms with Crippen molar-refractivity contribution >= 4 is 47.1 Å². The summed E-state index contributed by atoms with van der Waals surface area (Å²) in [6, 6.07) is 24.2. The Morgan fingerprint density at radius 3 is 2.33 bits per heavy atom. The van der Waals surface area contributed by atoms with Gasteiger partial charge in [-0.1, -0.05) is 95.0 Å². The quantitative estimate of drug-likeness (QED) is 0.117. The van der Waals surface area contributed by atoms with Crippen LogP contribution in [0.25, 0.3) is 44.8 Å². The monoisotopic (exact) mass is 1050 g/mol. The Morgan fingerprint density at radius 2 is 1.63 bits per heavy atom. The standard InChI is InChI=1S/C33H38N4O6.C25H28N6O.ClH/c1-3-22-23-16-21(43-32(40)36-14-10-20(11-15-36)35-12-6-5-7-13-35)8-9-27(23)34-29-24(22)18-37-28(29)17-26-25(30(37)38)19-42-31(39)33(26,41)4-2;1-2-3-10-22-26-25(15-6-7-16-25)24(32)31(22)17-18-11-13-19(14-12-18)20-8-4-5-9-21(20)23-27-29-30-28-23;/h8-9,16-17,20,41H,3-7,10-15,18-19H2,1-2H3;4-5,8-9,11-14H,2-3,6-7,10,15-17H2,1H3,(H,27,28,29,30);1H/t33-;;/m0../s1. The molecule has 3 aromatic heterocycles. The molecule has 3 fully saturated rings. The van der Waals surface area contributed by atoms with Crippen LogP contribution in [0.3, 0.4) is 0 Å². The van der Waals surface area contributed by atoms with E-state index >= 15 is 0 Å². The molecule has 2 N–H and O–H groups in total. The predicted octanol–water partition coefficient (Wildman–Crippen LogP) is 9.29. The molecule has 6 aromatic rings. The molecular formula is C58H67ClN10O7. The number of aromatic amines is 1. The van der Waals surface area contributed by atoms with Crippen LogP contribution in [-0.4, -0.2) is 112 Å². The molecule has 1 spiro atoms. The largest absolute Gasteiger partial charge is 0.458 e. The van der Waals surface area contributed by atoms with Gasteiger partial charge in [-0.3, -0.25) is 19.5 Å². The van der Waals surface area contributed by atoms with Crippen LogP contribution < -0.4 is 10.3 Å². The van der Waals surface area contributed by atoms with Crippen molar-refractivity contribution in [2.75, 3.05) is 26.2 Å². The summed E-state index contributed by atoms with van der Waals surface area (Å²) in [6.07, 6.45) is 13.3. The number of fused-ring (bicyclic) bond motifs is 5. The lowest BCUT2D eigenvalue weighted by Crippen LogP contribution is -2.48. The molecule has 3 aromatic carbocycles. The van der Waals surface area contributed by atoms with Gasteiger partial charge in [0.1, 0.15) is 23.7 Å². The number of hydrogen-bond acceptors (Lipinski definition) is 13. The number of ether oxygens (including phenoxy) is 2. The van der Waals surface area contributed by atoms with Crippen LogP contribution >= 0.6 is 12.4 Å². The van der Waals surface area contributed by atoms with E-state index in [0.717, 1.165) is 108 Å². The predicted molar refractivity (Wildman–Crippen MR) is 291 cm³/mol. The molecule has 18 heteroatoms. The summed E-state index contributed by atoms with van der Waals surface area (Å²) in [7, 11) is 0. The van der Waals surface area contributed by atoms with Crippen molar-refractivity contribution < 1.29 is 29.0 Å². The molecule has 1 aliphatic carbocycles. The number of piperidine rings is 2. The minimum absolute atomic E-state index is 0. The number of amidine groups is 1. The van der Waals surface area contributed by atoms with Gasteiger partial charge in [0.15, 0.2) is 11.4 Å². The average molecular weight is 1050 g/mol. The maximum absolute atomic E-state index is 13.6. The second kappa shape index (κ2) is 22.0. The van der Waals surface area contributed by atoms with Gasteiger partial charge in [0.2, 0.25) is 0 Å². The van der Waals surface area contributed by atoms with Crippen molar-refractivity contribution in [2.24, 2.45) is 4.99 Å². The zero-order valence-electron chi connectivity index (χ0n) is 43.7. The van der Waals surface area contributed by atoms with Crippen LogP contribution in [-0.2, 0) is 46.0 Å². The number of esters is 1. The van der Waals surface area contributed by atoms with Crippen molar-refractivity contribution in [1.82, 2.24) is 44.9 Å². The van der Waals surface area contributed by atoms with E-state index in [2.05, 4.69) is 69.7 Å². The maximum atomic E-state index is 13.6. The highest BCUT2D eigenvalue weighted by atomic mass is 35.5. The van der Waals surface area contributed by atoms with E-state index in [9.17, 15) is 24.3 Å². The highest BCUT2D eigenvalue weighted by Crippen LogP contribution is 2.43. The number of amides is 2. The Labute approximate surface area is 448 Å². The van der Waals surface area contributed by atoms with E-state index in [1.165, 1.54) is 32.4 Å². The fourth-order valence-electron chi connectivity index (χ4n) is 12.4. The molecule has 398 valence electrons. The lowest BCUT2D eigenvalue weighted by atomic mass is 9.86. The molecule has 17 nitrogen and oxygen atoms in total. The number of tetrazole rings is 1. The fraction of sp³-hybridized carbons (Fsp3) is 0.466. The summed E-state index contributed by atoms with van der Waals surface area (Å²) < 4.78 is 12.7. The number of hydrogen-bond donors (Lipinski definition) is 2. The first kappa shape index (κ1) is 52.6. The number of nitrogens with one attached hydrogen (secondary N) is 1. The molecular weight excluding hydrogens is 984 g/mol. The smallest absolute Gasteiger partial charge is 0.415 e. The highest BCUT2D eigenvalue weighted by Gasteiger charge is 2.49. The number of H-pyrrole nitrogens is 1. The number of rotatable bonds is 11. The van der Waals surface area contributed by atoms with Crippen LogP contribution in [0, 0.1) is 0 Å². The molecule has 12 rings (SSSR count). The number of aliphatic imine (C=N–C) groups is 1. The molecule has 76 heavy (non-hydrogen) atoms. The molecule has 2 amide bonds. The molecule has 1 atom stereocenters. The summed E-state index contributed by atoms with van der Waals surface area (Å²) in [5.41, 5.74) is 6.12. The van der Waals surface area contributed by atoms with Gasteiger partial charge in [0.25, 0.3) is 11.5 Å². The summed E-state index contributed by atoms with van der Waals surface area (Å²) >= 11 is 0. The molecule has 2 saturated heterocycles. The van der Waals surface area contributed by atoms with Crippen molar-refractivity contribution in [3.63, 3.8) is 0 Å². The number of unbranched alkanes of at least 4 members (excludes halogenated alkanes) is 1. The number of aromatic nitrogens is 6. The van der Waals surface area contributed by atoms with Gasteiger partial charge in [-0.25, -0.2) is 19.7 Å². The van der Waals surface area contributed by atoms with Crippen molar-refractivity contribution in [3.05, 3.63) is 111 Å². The van der Waals surface area contributed by atoms with Crippen molar-refractivity contribution in [1.29, 1.82) is 0 Å². The Kier molecular flexibility index (Phi) is 15.3. The zero-order valence-corrected chi connectivity index (χ0v) is 44.5. The SMILES string of the molecule is CCCCC1=NC2(CCCC2)C(=O)N1Cc1ccc(-c2ccccc2-c2nnn[nH]2)cc1.CCc1c2c(nc3ccc(OC(=O)N4CCC(N5CCCCC5)CC4)cc13)-c1cc3c(c(=O)n1C2)COC(=O)[C@]3(O)CC.Cl. The number of likely N-dealkylation sites (tertiary alicyclic amines) is 2. The van der Waals surface area contributed by atoms with Gasteiger partial charge in [-0.05, 0) is 128 Å². The number of pyridine rings is 2. The normalized spacial score (nSPS) is 19.9. The Balaban J connectivity index is 0.000000178. The van der Waals surface area contributed by atoms with E-state index in [-0.39, 0.29) is 43.0 Å². The Bertz CT molecular complexity index is 3230. The van der Waals surface area contributed by atoms with Gasteiger partial charge >= 0.3 is 12.1 Å². The lowest BCUT2D eigenvalue weighted by Gasteiger charge is -2.39. The number of carbonyl (C=O) groups excluding carboxylic acids is 3. The Morgan fingerprint density at radius 1 is 0.882 bits per heavy atom. The van der Waals surface area contributed by atoms with Gasteiger partial charge in [-0.15, -0.1) is 17.5 Å². The van der Waals surface area contributed by atoms with Crippen molar-refractivity contribution in [3.8, 4) is 39.7 Å².